The summed E-state index contributed by atoms with van der Waals surface area (Å²) in [7, 11) is 0. The quantitative estimate of drug-likeness (QED) is 0.470. The Hall–Kier alpha value is -3.07. The number of anilines is 2. The number of aryl methyl sites for hydroxylation is 2. The first-order chi connectivity index (χ1) is 14.2. The van der Waals surface area contributed by atoms with Gasteiger partial charge in [-0.15, -0.1) is 0 Å². The summed E-state index contributed by atoms with van der Waals surface area (Å²) in [6.45, 7) is 3.75. The fourth-order valence-electron chi connectivity index (χ4n) is 3.10. The van der Waals surface area contributed by atoms with Gasteiger partial charge in [-0.25, -0.2) is 4.39 Å². The van der Waals surface area contributed by atoms with Crippen LogP contribution in [0.1, 0.15) is 38.5 Å². The van der Waals surface area contributed by atoms with Crippen LogP contribution < -0.4 is 11.1 Å². The average molecular weight is 442 g/mol. The molecule has 3 N–H and O–H groups in total. The molecule has 0 aliphatic heterocycles. The SMILES string of the molecule is Cc1ccc(C(C#N)c2cc(C)c(NC(=O)c3ccc(Cl)c(F)c3N)cc2Cl)cc1. The number of nitriles is 1. The maximum atomic E-state index is 13.9. The van der Waals surface area contributed by atoms with Crippen LogP contribution in [0.5, 0.6) is 0 Å². The first-order valence-electron chi connectivity index (χ1n) is 9.04. The van der Waals surface area contributed by atoms with Crippen LogP contribution in [0.3, 0.4) is 0 Å². The van der Waals surface area contributed by atoms with Gasteiger partial charge < -0.3 is 11.1 Å². The number of rotatable bonds is 4. The number of hydrogen-bond acceptors (Lipinski definition) is 3. The fourth-order valence-corrected chi connectivity index (χ4v) is 3.53. The van der Waals surface area contributed by atoms with Gasteiger partial charge in [0.25, 0.3) is 5.91 Å². The lowest BCUT2D eigenvalue weighted by Crippen LogP contribution is -2.16. The topological polar surface area (TPSA) is 78.9 Å². The van der Waals surface area contributed by atoms with Crippen molar-refractivity contribution in [3.8, 4) is 6.07 Å². The molecule has 0 aliphatic rings. The molecule has 3 aromatic rings. The molecule has 0 bridgehead atoms. The maximum Gasteiger partial charge on any atom is 0.257 e. The maximum absolute atomic E-state index is 13.9. The molecule has 1 unspecified atom stereocenters. The molecule has 0 saturated heterocycles. The van der Waals surface area contributed by atoms with Crippen LogP contribution in [0.15, 0.2) is 48.5 Å². The first kappa shape index (κ1) is 21.6. The van der Waals surface area contributed by atoms with E-state index in [0.717, 1.165) is 11.1 Å². The van der Waals surface area contributed by atoms with Crippen molar-refractivity contribution in [3.63, 3.8) is 0 Å². The lowest BCUT2D eigenvalue weighted by atomic mass is 9.90. The number of hydrogen-bond donors (Lipinski definition) is 2. The monoisotopic (exact) mass is 441 g/mol. The van der Waals surface area contributed by atoms with Crippen molar-refractivity contribution < 1.29 is 9.18 Å². The normalized spacial score (nSPS) is 11.6. The molecule has 0 heterocycles. The Bertz CT molecular complexity index is 1170. The third-order valence-corrected chi connectivity index (χ3v) is 5.44. The van der Waals surface area contributed by atoms with Gasteiger partial charge in [0.05, 0.1) is 28.3 Å². The number of amides is 1. The van der Waals surface area contributed by atoms with Crippen LogP contribution in [0.25, 0.3) is 0 Å². The Labute approximate surface area is 184 Å². The molecule has 3 aromatic carbocycles. The van der Waals surface area contributed by atoms with Crippen molar-refractivity contribution in [1.29, 1.82) is 5.26 Å². The average Bonchev–Trinajstić information content (AvgIpc) is 2.71. The summed E-state index contributed by atoms with van der Waals surface area (Å²) in [6, 6.07) is 15.9. The molecule has 0 spiro atoms. The number of nitrogens with zero attached hydrogens (tertiary/aromatic N) is 1. The first-order valence-corrected chi connectivity index (χ1v) is 9.79. The van der Waals surface area contributed by atoms with Gasteiger partial charge >= 0.3 is 0 Å². The van der Waals surface area contributed by atoms with E-state index < -0.39 is 17.6 Å². The van der Waals surface area contributed by atoms with Gasteiger partial charge in [0.15, 0.2) is 5.82 Å². The Balaban J connectivity index is 1.93. The molecular weight excluding hydrogens is 424 g/mol. The van der Waals surface area contributed by atoms with Crippen molar-refractivity contribution in [1.82, 2.24) is 0 Å². The smallest absolute Gasteiger partial charge is 0.257 e. The third-order valence-electron chi connectivity index (χ3n) is 4.82. The summed E-state index contributed by atoms with van der Waals surface area (Å²) in [5.74, 6) is -1.99. The number of carbonyl (C=O) groups is 1. The standard InChI is InChI=1S/C23H18Cl2FN3O/c1-12-3-5-14(6-4-12)17(11-27)16-9-13(2)20(10-19(16)25)29-23(30)15-7-8-18(24)21(26)22(15)28/h3-10,17H,28H2,1-2H3,(H,29,30). The van der Waals surface area contributed by atoms with E-state index in [1.54, 1.807) is 19.1 Å². The molecule has 1 atom stereocenters. The van der Waals surface area contributed by atoms with Gasteiger partial charge in [-0.1, -0.05) is 59.1 Å². The van der Waals surface area contributed by atoms with Gasteiger partial charge in [-0.2, -0.15) is 5.26 Å². The van der Waals surface area contributed by atoms with Crippen molar-refractivity contribution in [3.05, 3.63) is 92.2 Å². The number of carbonyl (C=O) groups excluding carboxylic acids is 1. The number of halogens is 3. The minimum atomic E-state index is -0.843. The van der Waals surface area contributed by atoms with Crippen LogP contribution in [-0.4, -0.2) is 5.91 Å². The van der Waals surface area contributed by atoms with E-state index in [1.165, 1.54) is 12.1 Å². The Morgan fingerprint density at radius 2 is 1.77 bits per heavy atom. The summed E-state index contributed by atoms with van der Waals surface area (Å²) >= 11 is 12.1. The highest BCUT2D eigenvalue weighted by molar-refractivity contribution is 6.32. The molecule has 152 valence electrons. The molecule has 0 radical (unpaired) electrons. The highest BCUT2D eigenvalue weighted by atomic mass is 35.5. The summed E-state index contributed by atoms with van der Waals surface area (Å²) < 4.78 is 13.9. The number of nitrogens with one attached hydrogen (secondary N) is 1. The second-order valence-corrected chi connectivity index (χ2v) is 7.75. The zero-order valence-corrected chi connectivity index (χ0v) is 17.8. The Kier molecular flexibility index (Phi) is 6.31. The van der Waals surface area contributed by atoms with Gasteiger partial charge in [-0.05, 0) is 48.7 Å². The fraction of sp³-hybridized carbons (Fsp3) is 0.130. The van der Waals surface area contributed by atoms with Crippen molar-refractivity contribution >= 4 is 40.5 Å². The second-order valence-electron chi connectivity index (χ2n) is 6.94. The van der Waals surface area contributed by atoms with Crippen molar-refractivity contribution in [2.75, 3.05) is 11.1 Å². The number of benzene rings is 3. The summed E-state index contributed by atoms with van der Waals surface area (Å²) in [5.41, 5.74) is 9.00. The van der Waals surface area contributed by atoms with E-state index in [9.17, 15) is 14.4 Å². The van der Waals surface area contributed by atoms with E-state index in [-0.39, 0.29) is 16.3 Å². The molecule has 0 saturated carbocycles. The largest absolute Gasteiger partial charge is 0.396 e. The summed E-state index contributed by atoms with van der Waals surface area (Å²) in [4.78, 5) is 12.6. The Morgan fingerprint density at radius 1 is 1.10 bits per heavy atom. The Morgan fingerprint density at radius 3 is 2.40 bits per heavy atom. The predicted octanol–water partition coefficient (Wildman–Crippen LogP) is 6.24. The lowest BCUT2D eigenvalue weighted by Gasteiger charge is -2.16. The zero-order valence-electron chi connectivity index (χ0n) is 16.3. The van der Waals surface area contributed by atoms with E-state index >= 15 is 0 Å². The van der Waals surface area contributed by atoms with Crippen molar-refractivity contribution in [2.24, 2.45) is 0 Å². The molecular formula is C23H18Cl2FN3O. The van der Waals surface area contributed by atoms with Gasteiger partial charge in [0.2, 0.25) is 0 Å². The van der Waals surface area contributed by atoms with Gasteiger partial charge in [0.1, 0.15) is 0 Å². The molecule has 0 aliphatic carbocycles. The van der Waals surface area contributed by atoms with Gasteiger partial charge in [-0.3, -0.25) is 4.79 Å². The van der Waals surface area contributed by atoms with E-state index in [1.807, 2.05) is 31.2 Å². The molecule has 4 nitrogen and oxygen atoms in total. The van der Waals surface area contributed by atoms with E-state index in [0.29, 0.717) is 21.8 Å². The molecule has 1 amide bonds. The van der Waals surface area contributed by atoms with Crippen LogP contribution in [0, 0.1) is 31.0 Å². The van der Waals surface area contributed by atoms with Crippen LogP contribution in [0.2, 0.25) is 10.0 Å². The van der Waals surface area contributed by atoms with Crippen molar-refractivity contribution in [2.45, 2.75) is 19.8 Å². The highest BCUT2D eigenvalue weighted by Gasteiger charge is 2.20. The third kappa shape index (κ3) is 4.25. The lowest BCUT2D eigenvalue weighted by molar-refractivity contribution is 0.102. The minimum Gasteiger partial charge on any atom is -0.396 e. The summed E-state index contributed by atoms with van der Waals surface area (Å²) in [6.07, 6.45) is 0. The zero-order chi connectivity index (χ0) is 22.0. The number of nitrogens with two attached hydrogens (primary N) is 1. The van der Waals surface area contributed by atoms with Crippen LogP contribution in [0.4, 0.5) is 15.8 Å². The van der Waals surface area contributed by atoms with Crippen LogP contribution in [-0.2, 0) is 0 Å². The second kappa shape index (κ2) is 8.74. The van der Waals surface area contributed by atoms with E-state index in [2.05, 4.69) is 11.4 Å². The molecule has 0 aromatic heterocycles. The molecule has 3 rings (SSSR count). The van der Waals surface area contributed by atoms with Crippen LogP contribution >= 0.6 is 23.2 Å². The predicted molar refractivity (Wildman–Crippen MR) is 119 cm³/mol. The molecule has 7 heteroatoms. The minimum absolute atomic E-state index is 0.0361. The molecule has 0 fully saturated rings. The summed E-state index contributed by atoms with van der Waals surface area (Å²) in [5, 5.41) is 12.6. The number of nitrogen functional groups attached to an aromatic ring is 1. The molecule has 30 heavy (non-hydrogen) atoms. The van der Waals surface area contributed by atoms with Gasteiger partial charge in [0, 0.05) is 10.7 Å². The highest BCUT2D eigenvalue weighted by Crippen LogP contribution is 2.34. The van der Waals surface area contributed by atoms with E-state index in [4.69, 9.17) is 28.9 Å².